The lowest BCUT2D eigenvalue weighted by Crippen LogP contribution is -2.37. The number of amides is 2. The zero-order valence-electron chi connectivity index (χ0n) is 35.2. The van der Waals surface area contributed by atoms with E-state index in [0.29, 0.717) is 58.5 Å². The number of hydrogen-bond donors (Lipinski definition) is 2. The Hall–Kier alpha value is -7.18. The highest BCUT2D eigenvalue weighted by Gasteiger charge is 2.43. The van der Waals surface area contributed by atoms with Gasteiger partial charge in [-0.2, -0.15) is 10.2 Å². The fourth-order valence-electron chi connectivity index (χ4n) is 6.93. The highest BCUT2D eigenvalue weighted by molar-refractivity contribution is 9.10. The number of rotatable bonds is 6. The van der Waals surface area contributed by atoms with E-state index in [1.807, 2.05) is 48.5 Å². The largest absolute Gasteiger partial charge is 0.494 e. The Morgan fingerprint density at radius 1 is 0.698 bits per heavy atom. The number of para-hydroxylation sites is 2. The molecule has 324 valence electrons. The third-order valence-electron chi connectivity index (χ3n) is 10.3. The Kier molecular flexibility index (Phi) is 13.6. The summed E-state index contributed by atoms with van der Waals surface area (Å²) in [5.41, 5.74) is 0.617. The second-order valence-corrected chi connectivity index (χ2v) is 15.2. The average Bonchev–Trinajstić information content (AvgIpc) is 4.04. The van der Waals surface area contributed by atoms with E-state index in [1.54, 1.807) is 74.1 Å². The first-order chi connectivity index (χ1) is 30.1. The second kappa shape index (κ2) is 18.8. The zero-order chi connectivity index (χ0) is 45.6. The fraction of sp³-hybridized carbons (Fsp3) is 0.261. The molecule has 2 saturated heterocycles. The van der Waals surface area contributed by atoms with E-state index in [9.17, 15) is 29.4 Å². The summed E-state index contributed by atoms with van der Waals surface area (Å²) >= 11 is 3.44. The number of esters is 2. The quantitative estimate of drug-likeness (QED) is 0.176. The van der Waals surface area contributed by atoms with Gasteiger partial charge in [-0.1, -0.05) is 70.1 Å². The predicted octanol–water partition coefficient (Wildman–Crippen LogP) is 4.56. The van der Waals surface area contributed by atoms with Gasteiger partial charge in [0.05, 0.1) is 39.8 Å². The van der Waals surface area contributed by atoms with Gasteiger partial charge in [0.2, 0.25) is 11.2 Å². The van der Waals surface area contributed by atoms with Crippen LogP contribution < -0.4 is 9.47 Å². The number of nitrogens with zero attached hydrogens (tertiary/aromatic N) is 6. The SMILES string of the molecule is C#C[C@]1(O)CCN(C)C1=O.COC(=O)c1nn(-c2cccc(Br)c2)c2c(OC)cccc12.COC(=O)c1nn(-c2cccc(C#C[C@]3(O)CCN(C)C3=O)c2)c2c(OC)cccc12. The molecule has 0 radical (unpaired) electrons. The number of ether oxygens (including phenoxy) is 4. The number of likely N-dealkylation sites (tertiary alicyclic amines) is 2. The van der Waals surface area contributed by atoms with Crippen LogP contribution >= 0.6 is 15.9 Å². The third kappa shape index (κ3) is 9.08. The summed E-state index contributed by atoms with van der Waals surface area (Å²) in [5, 5.41) is 30.0. The first-order valence-electron chi connectivity index (χ1n) is 19.2. The van der Waals surface area contributed by atoms with Crippen molar-refractivity contribution in [2.75, 3.05) is 55.6 Å². The number of benzene rings is 4. The van der Waals surface area contributed by atoms with Crippen LogP contribution in [0.5, 0.6) is 11.5 Å². The number of terminal acetylenes is 1. The molecule has 2 fully saturated rings. The number of hydrogen-bond acceptors (Lipinski definition) is 12. The maximum atomic E-state index is 12.3. The van der Waals surface area contributed by atoms with Crippen molar-refractivity contribution in [3.8, 4) is 47.1 Å². The van der Waals surface area contributed by atoms with E-state index in [-0.39, 0.29) is 23.7 Å². The van der Waals surface area contributed by atoms with Crippen molar-refractivity contribution in [2.24, 2.45) is 0 Å². The van der Waals surface area contributed by atoms with Gasteiger partial charge in [0.1, 0.15) is 22.5 Å². The van der Waals surface area contributed by atoms with Gasteiger partial charge < -0.3 is 39.0 Å². The highest BCUT2D eigenvalue weighted by Crippen LogP contribution is 2.33. The van der Waals surface area contributed by atoms with Crippen LogP contribution in [0.2, 0.25) is 0 Å². The summed E-state index contributed by atoms with van der Waals surface area (Å²) in [7, 11) is 9.03. The molecule has 0 spiro atoms. The van der Waals surface area contributed by atoms with Crippen molar-refractivity contribution in [1.29, 1.82) is 0 Å². The highest BCUT2D eigenvalue weighted by atomic mass is 79.9. The van der Waals surface area contributed by atoms with Gasteiger partial charge in [-0.3, -0.25) is 9.59 Å². The summed E-state index contributed by atoms with van der Waals surface area (Å²) in [6.07, 6.45) is 5.58. The molecule has 4 heterocycles. The number of aliphatic hydroxyl groups is 2. The number of methoxy groups -OCH3 is 4. The second-order valence-electron chi connectivity index (χ2n) is 14.3. The minimum absolute atomic E-state index is 0.168. The summed E-state index contributed by atoms with van der Waals surface area (Å²) in [6.45, 7) is 0.999. The molecule has 2 N–H and O–H groups in total. The van der Waals surface area contributed by atoms with Crippen molar-refractivity contribution in [3.63, 3.8) is 0 Å². The maximum Gasteiger partial charge on any atom is 0.359 e. The molecule has 63 heavy (non-hydrogen) atoms. The molecule has 0 saturated carbocycles. The fourth-order valence-corrected chi connectivity index (χ4v) is 7.31. The standard InChI is InChI=1S/C23H21N3O5.C16H13BrN2O3.C7H9NO2/c1-25-13-12-23(29,22(25)28)11-10-15-6-4-7-16(14-15)26-20-17(8-5-9-18(20)30-2)19(24-26)21(27)31-3;1-21-13-8-4-7-12-14(16(20)22-2)18-19(15(12)13)11-6-3-5-10(17)9-11;1-3-7(10)4-5-8(2)6(7)9/h4-9,14,29H,12-13H2,1-3H3;3-9H,1-2H3;1,10H,4-5H2,2H3/t23-;;7-/m0.0/s1. The minimum atomic E-state index is -1.68. The number of carbonyl (C=O) groups is 4. The summed E-state index contributed by atoms with van der Waals surface area (Å²) in [4.78, 5) is 50.3. The van der Waals surface area contributed by atoms with Gasteiger partial charge in [0.25, 0.3) is 11.8 Å². The molecule has 0 unspecified atom stereocenters. The minimum Gasteiger partial charge on any atom is -0.494 e. The van der Waals surface area contributed by atoms with E-state index in [0.717, 1.165) is 15.7 Å². The molecular weight excluding hydrogens is 876 g/mol. The normalized spacial score (nSPS) is 17.8. The number of fused-ring (bicyclic) bond motifs is 2. The molecule has 2 aliphatic heterocycles. The van der Waals surface area contributed by atoms with Crippen LogP contribution in [-0.2, 0) is 19.1 Å². The van der Waals surface area contributed by atoms with Crippen LogP contribution in [0.25, 0.3) is 33.2 Å². The van der Waals surface area contributed by atoms with Crippen LogP contribution in [0.1, 0.15) is 39.4 Å². The van der Waals surface area contributed by atoms with Crippen molar-refractivity contribution in [1.82, 2.24) is 29.4 Å². The molecule has 17 heteroatoms. The zero-order valence-corrected chi connectivity index (χ0v) is 36.8. The smallest absolute Gasteiger partial charge is 0.359 e. The summed E-state index contributed by atoms with van der Waals surface area (Å²) < 4.78 is 24.8. The molecular formula is C46H43BrN6O10. The van der Waals surface area contributed by atoms with E-state index in [1.165, 1.54) is 24.0 Å². The first-order valence-corrected chi connectivity index (χ1v) is 20.0. The molecule has 2 aliphatic rings. The van der Waals surface area contributed by atoms with Gasteiger partial charge in [-0.15, -0.1) is 6.42 Å². The third-order valence-corrected chi connectivity index (χ3v) is 10.8. The topological polar surface area (TPSA) is 188 Å². The Morgan fingerprint density at radius 2 is 1.16 bits per heavy atom. The van der Waals surface area contributed by atoms with E-state index in [4.69, 9.17) is 25.4 Å². The first kappa shape index (κ1) is 45.3. The molecule has 16 nitrogen and oxygen atoms in total. The molecule has 0 aliphatic carbocycles. The van der Waals surface area contributed by atoms with E-state index < -0.39 is 29.0 Å². The number of carbonyl (C=O) groups excluding carboxylic acids is 4. The molecule has 2 atom stereocenters. The van der Waals surface area contributed by atoms with Gasteiger partial charge in [0, 0.05) is 60.8 Å². The Bertz CT molecular complexity index is 2860. The van der Waals surface area contributed by atoms with Crippen molar-refractivity contribution in [2.45, 2.75) is 24.0 Å². The number of halogens is 1. The van der Waals surface area contributed by atoms with Crippen LogP contribution in [0, 0.1) is 24.2 Å². The van der Waals surface area contributed by atoms with E-state index >= 15 is 0 Å². The number of aromatic nitrogens is 4. The van der Waals surface area contributed by atoms with Gasteiger partial charge in [-0.05, 0) is 48.5 Å². The number of likely N-dealkylation sites (N-methyl/N-ethyl adjacent to an activating group) is 2. The molecule has 4 aromatic carbocycles. The molecule has 0 bridgehead atoms. The van der Waals surface area contributed by atoms with Crippen molar-refractivity contribution >= 4 is 61.5 Å². The van der Waals surface area contributed by atoms with Crippen molar-refractivity contribution in [3.05, 3.63) is 106 Å². The summed E-state index contributed by atoms with van der Waals surface area (Å²) in [5.74, 6) is 7.07. The van der Waals surface area contributed by atoms with E-state index in [2.05, 4.69) is 43.9 Å². The van der Waals surface area contributed by atoms with Crippen LogP contribution in [0.15, 0.2) is 89.4 Å². The van der Waals surface area contributed by atoms with Crippen LogP contribution in [0.3, 0.4) is 0 Å². The van der Waals surface area contributed by atoms with Crippen LogP contribution in [-0.4, -0.2) is 130 Å². The lowest BCUT2D eigenvalue weighted by Gasteiger charge is -2.13. The van der Waals surface area contributed by atoms with Crippen molar-refractivity contribution < 1.29 is 48.3 Å². The Balaban J connectivity index is 0.000000178. The van der Waals surface area contributed by atoms with Gasteiger partial charge >= 0.3 is 11.9 Å². The Morgan fingerprint density at radius 3 is 1.57 bits per heavy atom. The monoisotopic (exact) mass is 918 g/mol. The lowest BCUT2D eigenvalue weighted by atomic mass is 10.0. The average molecular weight is 920 g/mol. The van der Waals surface area contributed by atoms with Gasteiger partial charge in [-0.25, -0.2) is 19.0 Å². The maximum absolute atomic E-state index is 12.3. The predicted molar refractivity (Wildman–Crippen MR) is 236 cm³/mol. The van der Waals surface area contributed by atoms with Crippen LogP contribution in [0.4, 0.5) is 0 Å². The summed E-state index contributed by atoms with van der Waals surface area (Å²) in [6, 6.07) is 25.6. The molecule has 2 amide bonds. The Labute approximate surface area is 371 Å². The van der Waals surface area contributed by atoms with Gasteiger partial charge in [0.15, 0.2) is 11.4 Å². The molecule has 6 aromatic rings. The molecule has 8 rings (SSSR count). The molecule has 2 aromatic heterocycles. The lowest BCUT2D eigenvalue weighted by molar-refractivity contribution is -0.138.